The Morgan fingerprint density at radius 2 is 2.15 bits per heavy atom. The second-order valence-corrected chi connectivity index (χ2v) is 6.00. The SMILES string of the molecule is Cc1ccc(Cn2ccnc2CNCC(C)C)c(Cl)c1. The van der Waals surface area contributed by atoms with Gasteiger partial charge < -0.3 is 9.88 Å². The average Bonchev–Trinajstić information content (AvgIpc) is 2.80. The van der Waals surface area contributed by atoms with Gasteiger partial charge in [0.15, 0.2) is 0 Å². The van der Waals surface area contributed by atoms with Gasteiger partial charge in [-0.15, -0.1) is 0 Å². The zero-order chi connectivity index (χ0) is 14.5. The van der Waals surface area contributed by atoms with E-state index in [1.54, 1.807) is 0 Å². The third kappa shape index (κ3) is 4.09. The summed E-state index contributed by atoms with van der Waals surface area (Å²) in [6.07, 6.45) is 3.84. The van der Waals surface area contributed by atoms with Crippen LogP contribution >= 0.6 is 11.6 Å². The highest BCUT2D eigenvalue weighted by atomic mass is 35.5. The molecule has 108 valence electrons. The Balaban J connectivity index is 2.04. The molecule has 4 heteroatoms. The highest BCUT2D eigenvalue weighted by molar-refractivity contribution is 6.31. The number of nitrogens with one attached hydrogen (secondary N) is 1. The standard InChI is InChI=1S/C16H22ClN3/c1-12(2)9-18-10-16-19-6-7-20(16)11-14-5-4-13(3)8-15(14)17/h4-8,12,18H,9-11H2,1-3H3. The molecule has 0 spiro atoms. The molecule has 0 aliphatic rings. The van der Waals surface area contributed by atoms with Crippen molar-refractivity contribution < 1.29 is 0 Å². The number of benzene rings is 1. The molecule has 0 unspecified atom stereocenters. The van der Waals surface area contributed by atoms with Gasteiger partial charge in [-0.25, -0.2) is 4.98 Å². The largest absolute Gasteiger partial charge is 0.329 e. The first kappa shape index (κ1) is 15.1. The molecule has 0 saturated heterocycles. The van der Waals surface area contributed by atoms with E-state index in [4.69, 9.17) is 11.6 Å². The highest BCUT2D eigenvalue weighted by Crippen LogP contribution is 2.19. The minimum absolute atomic E-state index is 0.643. The molecule has 0 radical (unpaired) electrons. The molecule has 1 N–H and O–H groups in total. The van der Waals surface area contributed by atoms with Crippen LogP contribution in [0.5, 0.6) is 0 Å². The zero-order valence-electron chi connectivity index (χ0n) is 12.4. The van der Waals surface area contributed by atoms with Crippen molar-refractivity contribution in [2.75, 3.05) is 6.54 Å². The summed E-state index contributed by atoms with van der Waals surface area (Å²) in [6.45, 7) is 9.00. The third-order valence-electron chi connectivity index (χ3n) is 3.19. The molecule has 1 aromatic heterocycles. The Hall–Kier alpha value is -1.32. The first-order chi connectivity index (χ1) is 9.56. The van der Waals surface area contributed by atoms with Crippen LogP contribution in [0, 0.1) is 12.8 Å². The molecule has 3 nitrogen and oxygen atoms in total. The lowest BCUT2D eigenvalue weighted by Gasteiger charge is -2.11. The van der Waals surface area contributed by atoms with Crippen LogP contribution in [-0.4, -0.2) is 16.1 Å². The predicted octanol–water partition coefficient (Wildman–Crippen LogP) is 3.64. The second-order valence-electron chi connectivity index (χ2n) is 5.59. The van der Waals surface area contributed by atoms with Crippen molar-refractivity contribution in [3.05, 3.63) is 52.6 Å². The van der Waals surface area contributed by atoms with Crippen LogP contribution < -0.4 is 5.32 Å². The molecule has 1 aromatic carbocycles. The number of imidazole rings is 1. The van der Waals surface area contributed by atoms with Gasteiger partial charge in [-0.05, 0) is 36.6 Å². The lowest BCUT2D eigenvalue weighted by atomic mass is 10.1. The van der Waals surface area contributed by atoms with Gasteiger partial charge in [0, 0.05) is 17.4 Å². The van der Waals surface area contributed by atoms with E-state index in [0.717, 1.165) is 36.0 Å². The van der Waals surface area contributed by atoms with Crippen molar-refractivity contribution in [3.63, 3.8) is 0 Å². The first-order valence-corrected chi connectivity index (χ1v) is 7.40. The smallest absolute Gasteiger partial charge is 0.122 e. The molecule has 20 heavy (non-hydrogen) atoms. The maximum atomic E-state index is 6.30. The molecule has 0 saturated carbocycles. The van der Waals surface area contributed by atoms with E-state index in [1.165, 1.54) is 5.56 Å². The average molecular weight is 292 g/mol. The van der Waals surface area contributed by atoms with E-state index >= 15 is 0 Å². The van der Waals surface area contributed by atoms with E-state index in [9.17, 15) is 0 Å². The number of hydrogen-bond donors (Lipinski definition) is 1. The summed E-state index contributed by atoms with van der Waals surface area (Å²) in [6, 6.07) is 6.18. The maximum Gasteiger partial charge on any atom is 0.122 e. The van der Waals surface area contributed by atoms with E-state index in [1.807, 2.05) is 25.4 Å². The summed E-state index contributed by atoms with van der Waals surface area (Å²) in [5.41, 5.74) is 2.31. The minimum Gasteiger partial charge on any atom is -0.329 e. The van der Waals surface area contributed by atoms with Gasteiger partial charge in [-0.3, -0.25) is 0 Å². The fourth-order valence-corrected chi connectivity index (χ4v) is 2.38. The molecule has 1 heterocycles. The Labute approximate surface area is 126 Å². The molecule has 0 amide bonds. The highest BCUT2D eigenvalue weighted by Gasteiger charge is 2.06. The number of nitrogens with zero attached hydrogens (tertiary/aromatic N) is 2. The van der Waals surface area contributed by atoms with Gasteiger partial charge in [-0.1, -0.05) is 37.6 Å². The van der Waals surface area contributed by atoms with Gasteiger partial charge in [0.2, 0.25) is 0 Å². The Morgan fingerprint density at radius 1 is 1.35 bits per heavy atom. The fraction of sp³-hybridized carbons (Fsp3) is 0.438. The fourth-order valence-electron chi connectivity index (χ4n) is 2.09. The predicted molar refractivity (Wildman–Crippen MR) is 84.1 cm³/mol. The van der Waals surface area contributed by atoms with Crippen molar-refractivity contribution in [2.45, 2.75) is 33.9 Å². The third-order valence-corrected chi connectivity index (χ3v) is 3.54. The quantitative estimate of drug-likeness (QED) is 0.880. The molecule has 2 aromatic rings. The number of halogens is 1. The van der Waals surface area contributed by atoms with Crippen LogP contribution in [-0.2, 0) is 13.1 Å². The summed E-state index contributed by atoms with van der Waals surface area (Å²) in [4.78, 5) is 4.41. The second kappa shape index (κ2) is 6.91. The van der Waals surface area contributed by atoms with Crippen molar-refractivity contribution in [3.8, 4) is 0 Å². The van der Waals surface area contributed by atoms with Crippen molar-refractivity contribution in [2.24, 2.45) is 5.92 Å². The van der Waals surface area contributed by atoms with Crippen molar-refractivity contribution in [1.82, 2.24) is 14.9 Å². The van der Waals surface area contributed by atoms with Crippen LogP contribution in [0.2, 0.25) is 5.02 Å². The Kier molecular flexibility index (Phi) is 5.21. The summed E-state index contributed by atoms with van der Waals surface area (Å²) in [5.74, 6) is 1.69. The summed E-state index contributed by atoms with van der Waals surface area (Å²) < 4.78 is 2.14. The monoisotopic (exact) mass is 291 g/mol. The van der Waals surface area contributed by atoms with Crippen molar-refractivity contribution >= 4 is 11.6 Å². The van der Waals surface area contributed by atoms with Gasteiger partial charge >= 0.3 is 0 Å². The van der Waals surface area contributed by atoms with Crippen molar-refractivity contribution in [1.29, 1.82) is 0 Å². The van der Waals surface area contributed by atoms with E-state index in [-0.39, 0.29) is 0 Å². The zero-order valence-corrected chi connectivity index (χ0v) is 13.1. The van der Waals surface area contributed by atoms with Gasteiger partial charge in [0.05, 0.1) is 13.1 Å². The molecule has 0 aliphatic carbocycles. The minimum atomic E-state index is 0.643. The van der Waals surface area contributed by atoms with E-state index in [2.05, 4.69) is 40.8 Å². The molecule has 0 bridgehead atoms. The molecular weight excluding hydrogens is 270 g/mol. The van der Waals surface area contributed by atoms with E-state index < -0.39 is 0 Å². The van der Waals surface area contributed by atoms with Crippen LogP contribution in [0.25, 0.3) is 0 Å². The van der Waals surface area contributed by atoms with Crippen LogP contribution in [0.4, 0.5) is 0 Å². The molecule has 2 rings (SSSR count). The Bertz CT molecular complexity index is 561. The number of rotatable bonds is 6. The lowest BCUT2D eigenvalue weighted by Crippen LogP contribution is -2.21. The first-order valence-electron chi connectivity index (χ1n) is 7.02. The maximum absolute atomic E-state index is 6.30. The summed E-state index contributed by atoms with van der Waals surface area (Å²) >= 11 is 6.30. The molecule has 0 aliphatic heterocycles. The molecule has 0 fully saturated rings. The lowest BCUT2D eigenvalue weighted by molar-refractivity contribution is 0.533. The van der Waals surface area contributed by atoms with Gasteiger partial charge in [0.1, 0.15) is 5.82 Å². The Morgan fingerprint density at radius 3 is 2.85 bits per heavy atom. The van der Waals surface area contributed by atoms with Crippen LogP contribution in [0.3, 0.4) is 0 Å². The van der Waals surface area contributed by atoms with E-state index in [0.29, 0.717) is 5.92 Å². The van der Waals surface area contributed by atoms with Crippen LogP contribution in [0.15, 0.2) is 30.6 Å². The molecule has 0 atom stereocenters. The normalized spacial score (nSPS) is 11.2. The molecular formula is C16H22ClN3. The number of aryl methyl sites for hydroxylation is 1. The van der Waals surface area contributed by atoms with Gasteiger partial charge in [-0.2, -0.15) is 0 Å². The van der Waals surface area contributed by atoms with Crippen LogP contribution in [0.1, 0.15) is 30.8 Å². The number of hydrogen-bond acceptors (Lipinski definition) is 2. The summed E-state index contributed by atoms with van der Waals surface area (Å²) in [7, 11) is 0. The summed E-state index contributed by atoms with van der Waals surface area (Å²) in [5, 5.41) is 4.24. The topological polar surface area (TPSA) is 29.9 Å². The number of aromatic nitrogens is 2. The van der Waals surface area contributed by atoms with Gasteiger partial charge in [0.25, 0.3) is 0 Å².